The standard InChI is InChI=1S/C18H24N4O2S/c1-10-15-11(2)20-12(3)21-17(15)25-16(10)18(24)22-8-4-5-13(9-22)6-7-14(19)23/h13H,4-9H2,1-3H3,(H2,19,23). The van der Waals surface area contributed by atoms with Gasteiger partial charge in [-0.05, 0) is 51.5 Å². The molecule has 1 saturated heterocycles. The normalized spacial score (nSPS) is 17.9. The van der Waals surface area contributed by atoms with Crippen LogP contribution < -0.4 is 5.73 Å². The quantitative estimate of drug-likeness (QED) is 0.908. The van der Waals surface area contributed by atoms with E-state index in [1.165, 1.54) is 11.3 Å². The Balaban J connectivity index is 1.83. The van der Waals surface area contributed by atoms with Crippen molar-refractivity contribution in [2.24, 2.45) is 11.7 Å². The number of aromatic nitrogens is 2. The predicted molar refractivity (Wildman–Crippen MR) is 98.7 cm³/mol. The number of primary amides is 1. The van der Waals surface area contributed by atoms with Crippen LogP contribution in [0.15, 0.2) is 0 Å². The highest BCUT2D eigenvalue weighted by molar-refractivity contribution is 7.20. The largest absolute Gasteiger partial charge is 0.370 e. The molecule has 0 bridgehead atoms. The second-order valence-corrected chi connectivity index (χ2v) is 7.86. The third-order valence-corrected chi connectivity index (χ3v) is 6.06. The lowest BCUT2D eigenvalue weighted by Crippen LogP contribution is -2.40. The average molecular weight is 360 g/mol. The van der Waals surface area contributed by atoms with Gasteiger partial charge in [0.05, 0.1) is 4.88 Å². The van der Waals surface area contributed by atoms with Crippen LogP contribution in [-0.2, 0) is 4.79 Å². The summed E-state index contributed by atoms with van der Waals surface area (Å²) >= 11 is 1.46. The fraction of sp³-hybridized carbons (Fsp3) is 0.556. The fourth-order valence-electron chi connectivity index (χ4n) is 3.65. The lowest BCUT2D eigenvalue weighted by atomic mass is 9.93. The molecule has 0 radical (unpaired) electrons. The molecule has 1 unspecified atom stereocenters. The summed E-state index contributed by atoms with van der Waals surface area (Å²) in [6.07, 6.45) is 3.17. The van der Waals surface area contributed by atoms with E-state index in [1.54, 1.807) is 0 Å². The van der Waals surface area contributed by atoms with Crippen LogP contribution in [0.5, 0.6) is 0 Å². The van der Waals surface area contributed by atoms with Crippen molar-refractivity contribution in [2.45, 2.75) is 46.5 Å². The third kappa shape index (κ3) is 3.66. The van der Waals surface area contributed by atoms with Crippen molar-refractivity contribution < 1.29 is 9.59 Å². The van der Waals surface area contributed by atoms with E-state index in [1.807, 2.05) is 25.7 Å². The lowest BCUT2D eigenvalue weighted by Gasteiger charge is -2.32. The SMILES string of the molecule is Cc1nc(C)c2c(C)c(C(=O)N3CCCC(CCC(N)=O)C3)sc2n1. The number of piperidine rings is 1. The molecule has 2 amide bonds. The summed E-state index contributed by atoms with van der Waals surface area (Å²) in [5, 5.41) is 1.00. The van der Waals surface area contributed by atoms with E-state index in [0.29, 0.717) is 18.9 Å². The Morgan fingerprint density at radius 3 is 2.76 bits per heavy atom. The van der Waals surface area contributed by atoms with Gasteiger partial charge in [0.25, 0.3) is 5.91 Å². The van der Waals surface area contributed by atoms with Crippen molar-refractivity contribution in [3.8, 4) is 0 Å². The van der Waals surface area contributed by atoms with Crippen LogP contribution in [0, 0.1) is 26.7 Å². The smallest absolute Gasteiger partial charge is 0.264 e. The van der Waals surface area contributed by atoms with Gasteiger partial charge in [0.15, 0.2) is 0 Å². The van der Waals surface area contributed by atoms with Crippen molar-refractivity contribution in [1.29, 1.82) is 0 Å². The molecule has 2 N–H and O–H groups in total. The number of hydrogen-bond acceptors (Lipinski definition) is 5. The molecule has 1 aliphatic rings. The van der Waals surface area contributed by atoms with Crippen LogP contribution in [0.1, 0.15) is 52.4 Å². The summed E-state index contributed by atoms with van der Waals surface area (Å²) in [7, 11) is 0. The topological polar surface area (TPSA) is 89.2 Å². The van der Waals surface area contributed by atoms with Gasteiger partial charge >= 0.3 is 0 Å². The number of carbonyl (C=O) groups is 2. The molecule has 2 aromatic heterocycles. The van der Waals surface area contributed by atoms with Gasteiger partial charge in [-0.25, -0.2) is 9.97 Å². The molecule has 7 heteroatoms. The van der Waals surface area contributed by atoms with Crippen molar-refractivity contribution in [2.75, 3.05) is 13.1 Å². The maximum atomic E-state index is 13.1. The molecular formula is C18H24N4O2S. The monoisotopic (exact) mass is 360 g/mol. The number of carbonyl (C=O) groups excluding carboxylic acids is 2. The molecule has 0 aliphatic carbocycles. The Morgan fingerprint density at radius 1 is 1.28 bits per heavy atom. The van der Waals surface area contributed by atoms with E-state index >= 15 is 0 Å². The summed E-state index contributed by atoms with van der Waals surface area (Å²) < 4.78 is 0. The second kappa shape index (κ2) is 7.07. The third-order valence-electron chi connectivity index (χ3n) is 4.88. The van der Waals surface area contributed by atoms with Crippen molar-refractivity contribution in [3.05, 3.63) is 22.0 Å². The molecule has 3 rings (SSSR count). The molecule has 6 nitrogen and oxygen atoms in total. The number of thiophene rings is 1. The maximum Gasteiger partial charge on any atom is 0.264 e. The van der Waals surface area contributed by atoms with Crippen LogP contribution in [0.2, 0.25) is 0 Å². The van der Waals surface area contributed by atoms with E-state index in [0.717, 1.165) is 58.0 Å². The van der Waals surface area contributed by atoms with Crippen LogP contribution in [0.3, 0.4) is 0 Å². The number of likely N-dealkylation sites (tertiary alicyclic amines) is 1. The summed E-state index contributed by atoms with van der Waals surface area (Å²) in [6, 6.07) is 0. The summed E-state index contributed by atoms with van der Waals surface area (Å²) in [5.74, 6) is 0.882. The first kappa shape index (κ1) is 17.8. The minimum Gasteiger partial charge on any atom is -0.370 e. The first-order valence-corrected chi connectivity index (χ1v) is 9.50. The van der Waals surface area contributed by atoms with Gasteiger partial charge < -0.3 is 10.6 Å². The maximum absolute atomic E-state index is 13.1. The van der Waals surface area contributed by atoms with Gasteiger partial charge in [-0.1, -0.05) is 0 Å². The van der Waals surface area contributed by atoms with Crippen LogP contribution in [0.4, 0.5) is 0 Å². The molecule has 3 heterocycles. The molecule has 134 valence electrons. The number of aryl methyl sites for hydroxylation is 3. The fourth-order valence-corrected chi connectivity index (χ4v) is 4.90. The summed E-state index contributed by atoms with van der Waals surface area (Å²) in [4.78, 5) is 36.6. The Kier molecular flexibility index (Phi) is 5.03. The molecule has 25 heavy (non-hydrogen) atoms. The minimum absolute atomic E-state index is 0.0707. The van der Waals surface area contributed by atoms with E-state index in [-0.39, 0.29) is 11.8 Å². The van der Waals surface area contributed by atoms with Crippen molar-refractivity contribution in [3.63, 3.8) is 0 Å². The highest BCUT2D eigenvalue weighted by Gasteiger charge is 2.28. The molecule has 2 aromatic rings. The van der Waals surface area contributed by atoms with Crippen LogP contribution in [0.25, 0.3) is 10.2 Å². The lowest BCUT2D eigenvalue weighted by molar-refractivity contribution is -0.118. The molecule has 0 aromatic carbocycles. The van der Waals surface area contributed by atoms with Gasteiger partial charge in [-0.2, -0.15) is 0 Å². The van der Waals surface area contributed by atoms with Gasteiger partial charge in [-0.3, -0.25) is 9.59 Å². The van der Waals surface area contributed by atoms with Gasteiger partial charge in [-0.15, -0.1) is 11.3 Å². The number of amides is 2. The van der Waals surface area contributed by atoms with Crippen LogP contribution in [-0.4, -0.2) is 39.8 Å². The van der Waals surface area contributed by atoms with Gasteiger partial charge in [0.2, 0.25) is 5.91 Å². The predicted octanol–water partition coefficient (Wildman–Crippen LogP) is 2.73. The second-order valence-electron chi connectivity index (χ2n) is 6.86. The minimum atomic E-state index is -0.270. The molecule has 0 saturated carbocycles. The first-order valence-electron chi connectivity index (χ1n) is 8.68. The molecule has 1 fully saturated rings. The van der Waals surface area contributed by atoms with E-state index in [2.05, 4.69) is 9.97 Å². The number of rotatable bonds is 4. The van der Waals surface area contributed by atoms with E-state index in [4.69, 9.17) is 5.73 Å². The number of nitrogens with zero attached hydrogens (tertiary/aromatic N) is 3. The van der Waals surface area contributed by atoms with Crippen molar-refractivity contribution >= 4 is 33.4 Å². The zero-order chi connectivity index (χ0) is 18.1. The Labute approximate surface area is 151 Å². The number of hydrogen-bond donors (Lipinski definition) is 1. The van der Waals surface area contributed by atoms with E-state index < -0.39 is 0 Å². The molecule has 1 atom stereocenters. The Morgan fingerprint density at radius 2 is 2.04 bits per heavy atom. The summed E-state index contributed by atoms with van der Waals surface area (Å²) in [6.45, 7) is 7.28. The Hall–Kier alpha value is -2.02. The van der Waals surface area contributed by atoms with Crippen LogP contribution >= 0.6 is 11.3 Å². The zero-order valence-electron chi connectivity index (χ0n) is 15.0. The number of fused-ring (bicyclic) bond motifs is 1. The Bertz CT molecular complexity index is 830. The summed E-state index contributed by atoms with van der Waals surface area (Å²) in [5.41, 5.74) is 7.15. The average Bonchev–Trinajstić information content (AvgIpc) is 2.89. The first-order chi connectivity index (χ1) is 11.9. The molecular weight excluding hydrogens is 336 g/mol. The zero-order valence-corrected chi connectivity index (χ0v) is 15.8. The van der Waals surface area contributed by atoms with E-state index in [9.17, 15) is 9.59 Å². The molecule has 1 aliphatic heterocycles. The van der Waals surface area contributed by atoms with Gasteiger partial charge in [0, 0.05) is 30.6 Å². The van der Waals surface area contributed by atoms with Gasteiger partial charge in [0.1, 0.15) is 10.7 Å². The highest BCUT2D eigenvalue weighted by atomic mass is 32.1. The number of nitrogens with two attached hydrogens (primary N) is 1. The highest BCUT2D eigenvalue weighted by Crippen LogP contribution is 2.33. The molecule has 0 spiro atoms. The van der Waals surface area contributed by atoms with Crippen molar-refractivity contribution in [1.82, 2.24) is 14.9 Å².